The van der Waals surface area contributed by atoms with E-state index in [1.807, 2.05) is 13.8 Å². The number of urea groups is 1. The van der Waals surface area contributed by atoms with E-state index >= 15 is 0 Å². The zero-order chi connectivity index (χ0) is 15.8. The number of nitrogens with zero attached hydrogens (tertiary/aromatic N) is 1. The van der Waals surface area contributed by atoms with Crippen LogP contribution in [0.25, 0.3) is 0 Å². The molecule has 21 heavy (non-hydrogen) atoms. The Labute approximate surface area is 132 Å². The minimum absolute atomic E-state index is 0.255. The first-order valence-corrected chi connectivity index (χ1v) is 7.85. The maximum atomic E-state index is 12.4. The van der Waals surface area contributed by atoms with Crippen molar-refractivity contribution < 1.29 is 14.4 Å². The zero-order valence-corrected chi connectivity index (χ0v) is 13.7. The molecule has 7 heteroatoms. The van der Waals surface area contributed by atoms with Gasteiger partial charge in [-0.3, -0.25) is 14.5 Å². The summed E-state index contributed by atoms with van der Waals surface area (Å²) in [4.78, 5) is 37.9. The van der Waals surface area contributed by atoms with Crippen LogP contribution in [-0.2, 0) is 4.79 Å². The average Bonchev–Trinajstić information content (AvgIpc) is 2.87. The van der Waals surface area contributed by atoms with E-state index in [0.29, 0.717) is 15.6 Å². The fourth-order valence-electron chi connectivity index (χ4n) is 2.53. The summed E-state index contributed by atoms with van der Waals surface area (Å²) in [5.41, 5.74) is -0.932. The van der Waals surface area contributed by atoms with Gasteiger partial charge in [-0.1, -0.05) is 25.4 Å². The van der Waals surface area contributed by atoms with Crippen molar-refractivity contribution in [1.29, 1.82) is 0 Å². The van der Waals surface area contributed by atoms with E-state index in [2.05, 4.69) is 5.32 Å². The van der Waals surface area contributed by atoms with E-state index in [-0.39, 0.29) is 24.2 Å². The molecule has 3 amide bonds. The van der Waals surface area contributed by atoms with E-state index in [1.54, 1.807) is 19.1 Å². The van der Waals surface area contributed by atoms with Crippen molar-refractivity contribution in [3.63, 3.8) is 0 Å². The first-order valence-electron chi connectivity index (χ1n) is 6.65. The number of ketones is 1. The maximum absolute atomic E-state index is 12.4. The number of amides is 3. The molecular weight excluding hydrogens is 312 g/mol. The molecule has 114 valence electrons. The number of Topliss-reactive ketones (excluding diaryl/α,β-unsaturated/α-hetero) is 1. The maximum Gasteiger partial charge on any atom is 0.325 e. The third kappa shape index (κ3) is 3.27. The van der Waals surface area contributed by atoms with Crippen molar-refractivity contribution in [3.8, 4) is 0 Å². The average molecular weight is 329 g/mol. The van der Waals surface area contributed by atoms with E-state index < -0.39 is 11.6 Å². The van der Waals surface area contributed by atoms with Crippen molar-refractivity contribution in [2.75, 3.05) is 6.54 Å². The molecule has 1 aliphatic heterocycles. The monoisotopic (exact) mass is 328 g/mol. The second-order valence-electron chi connectivity index (χ2n) is 5.78. The highest BCUT2D eigenvalue weighted by molar-refractivity contribution is 7.18. The lowest BCUT2D eigenvalue weighted by Gasteiger charge is -2.23. The first kappa shape index (κ1) is 16.0. The van der Waals surface area contributed by atoms with Crippen LogP contribution in [0.2, 0.25) is 4.34 Å². The third-order valence-electron chi connectivity index (χ3n) is 3.31. The predicted molar refractivity (Wildman–Crippen MR) is 81.8 cm³/mol. The first-order chi connectivity index (χ1) is 9.73. The summed E-state index contributed by atoms with van der Waals surface area (Å²) in [6.07, 6.45) is 0.535. The molecule has 1 aromatic rings. The summed E-state index contributed by atoms with van der Waals surface area (Å²) in [5, 5.41) is 2.69. The van der Waals surface area contributed by atoms with Gasteiger partial charge in [0.2, 0.25) is 0 Å². The largest absolute Gasteiger partial charge is 0.325 e. The number of halogens is 1. The molecule has 0 radical (unpaired) electrons. The number of rotatable bonds is 5. The van der Waals surface area contributed by atoms with Crippen LogP contribution in [0.15, 0.2) is 12.1 Å². The van der Waals surface area contributed by atoms with Crippen LogP contribution in [0.3, 0.4) is 0 Å². The van der Waals surface area contributed by atoms with Gasteiger partial charge in [0, 0.05) is 0 Å². The normalized spacial score (nSPS) is 22.0. The van der Waals surface area contributed by atoms with Crippen molar-refractivity contribution in [1.82, 2.24) is 10.2 Å². The second-order valence-corrected chi connectivity index (χ2v) is 7.49. The zero-order valence-electron chi connectivity index (χ0n) is 12.1. The lowest BCUT2D eigenvalue weighted by atomic mass is 9.91. The number of hydrogen-bond acceptors (Lipinski definition) is 4. The Morgan fingerprint density at radius 1 is 1.43 bits per heavy atom. The van der Waals surface area contributed by atoms with E-state index in [4.69, 9.17) is 11.6 Å². The van der Waals surface area contributed by atoms with Gasteiger partial charge in [0.15, 0.2) is 5.78 Å². The quantitative estimate of drug-likeness (QED) is 0.667. The molecule has 2 heterocycles. The number of carbonyl (C=O) groups excluding carboxylic acids is 3. The van der Waals surface area contributed by atoms with Crippen LogP contribution in [0.1, 0.15) is 36.9 Å². The summed E-state index contributed by atoms with van der Waals surface area (Å²) in [6.45, 7) is 5.40. The van der Waals surface area contributed by atoms with Crippen LogP contribution >= 0.6 is 22.9 Å². The van der Waals surface area contributed by atoms with Gasteiger partial charge in [-0.15, -0.1) is 11.3 Å². The molecule has 0 aliphatic carbocycles. The molecule has 1 fully saturated rings. The number of imide groups is 1. The fourth-order valence-corrected chi connectivity index (χ4v) is 3.50. The number of carbonyl (C=O) groups is 3. The Hall–Kier alpha value is -1.40. The van der Waals surface area contributed by atoms with Crippen molar-refractivity contribution in [2.45, 2.75) is 32.7 Å². The van der Waals surface area contributed by atoms with Gasteiger partial charge in [0.1, 0.15) is 5.54 Å². The van der Waals surface area contributed by atoms with Crippen molar-refractivity contribution in [2.24, 2.45) is 5.92 Å². The van der Waals surface area contributed by atoms with Gasteiger partial charge in [-0.2, -0.15) is 0 Å². The molecule has 1 atom stereocenters. The Kier molecular flexibility index (Phi) is 4.39. The lowest BCUT2D eigenvalue weighted by molar-refractivity contribution is -0.131. The van der Waals surface area contributed by atoms with Gasteiger partial charge in [0.25, 0.3) is 5.91 Å². The van der Waals surface area contributed by atoms with Crippen LogP contribution < -0.4 is 5.32 Å². The summed E-state index contributed by atoms with van der Waals surface area (Å²) in [5.74, 6) is -0.382. The van der Waals surface area contributed by atoms with Crippen LogP contribution in [0, 0.1) is 5.92 Å². The molecule has 0 aromatic carbocycles. The third-order valence-corrected chi connectivity index (χ3v) is 4.58. The van der Waals surface area contributed by atoms with Gasteiger partial charge in [-0.25, -0.2) is 4.79 Å². The summed E-state index contributed by atoms with van der Waals surface area (Å²) in [7, 11) is 0. The second kappa shape index (κ2) is 5.77. The summed E-state index contributed by atoms with van der Waals surface area (Å²) >= 11 is 6.93. The van der Waals surface area contributed by atoms with Gasteiger partial charge >= 0.3 is 6.03 Å². The Morgan fingerprint density at radius 3 is 2.62 bits per heavy atom. The number of hydrogen-bond donors (Lipinski definition) is 1. The van der Waals surface area contributed by atoms with Gasteiger partial charge in [0.05, 0.1) is 15.8 Å². The van der Waals surface area contributed by atoms with Crippen LogP contribution in [-0.4, -0.2) is 34.7 Å². The fraction of sp³-hybridized carbons (Fsp3) is 0.500. The molecule has 1 N–H and O–H groups in total. The highest BCUT2D eigenvalue weighted by Gasteiger charge is 2.48. The smallest absolute Gasteiger partial charge is 0.323 e. The Bertz CT molecular complexity index is 599. The standard InChI is InChI=1S/C14H17ClN2O3S/c1-8(2)6-14(3)12(19)17(13(20)16-14)7-9(18)10-4-5-11(15)21-10/h4-5,8H,6-7H2,1-3H3,(H,16,20)/t14-/m1/s1. The van der Waals surface area contributed by atoms with Crippen LogP contribution in [0.5, 0.6) is 0 Å². The minimum atomic E-state index is -0.932. The molecule has 1 aromatic heterocycles. The van der Waals surface area contributed by atoms with Crippen molar-refractivity contribution in [3.05, 3.63) is 21.3 Å². The Balaban J connectivity index is 2.12. The highest BCUT2D eigenvalue weighted by atomic mass is 35.5. The highest BCUT2D eigenvalue weighted by Crippen LogP contribution is 2.26. The molecule has 0 saturated carbocycles. The van der Waals surface area contributed by atoms with Crippen LogP contribution in [0.4, 0.5) is 4.79 Å². The van der Waals surface area contributed by atoms with E-state index in [1.165, 1.54) is 0 Å². The lowest BCUT2D eigenvalue weighted by Crippen LogP contribution is -2.45. The van der Waals surface area contributed by atoms with Gasteiger partial charge < -0.3 is 5.32 Å². The molecule has 1 aliphatic rings. The molecule has 0 bridgehead atoms. The topological polar surface area (TPSA) is 66.5 Å². The molecule has 5 nitrogen and oxygen atoms in total. The van der Waals surface area contributed by atoms with Crippen molar-refractivity contribution >= 4 is 40.7 Å². The van der Waals surface area contributed by atoms with E-state index in [0.717, 1.165) is 16.2 Å². The van der Waals surface area contributed by atoms with E-state index in [9.17, 15) is 14.4 Å². The molecular formula is C14H17ClN2O3S. The molecule has 0 spiro atoms. The Morgan fingerprint density at radius 2 is 2.10 bits per heavy atom. The summed E-state index contributed by atoms with van der Waals surface area (Å²) in [6, 6.07) is 2.70. The summed E-state index contributed by atoms with van der Waals surface area (Å²) < 4.78 is 0.500. The predicted octanol–water partition coefficient (Wildman–Crippen LogP) is 2.94. The SMILES string of the molecule is CC(C)C[C@@]1(C)NC(=O)N(CC(=O)c2ccc(Cl)s2)C1=O. The molecule has 1 saturated heterocycles. The molecule has 2 rings (SSSR count). The number of nitrogens with one attached hydrogen (secondary N) is 1. The number of thiophene rings is 1. The minimum Gasteiger partial charge on any atom is -0.323 e. The molecule has 0 unspecified atom stereocenters. The van der Waals surface area contributed by atoms with Gasteiger partial charge in [-0.05, 0) is 31.4 Å².